The Balaban J connectivity index is 2.07. The van der Waals surface area contributed by atoms with Crippen molar-refractivity contribution < 1.29 is 28.7 Å². The van der Waals surface area contributed by atoms with Gasteiger partial charge in [-0.3, -0.25) is 9.59 Å². The van der Waals surface area contributed by atoms with Crippen molar-refractivity contribution in [3.05, 3.63) is 70.8 Å². The summed E-state index contributed by atoms with van der Waals surface area (Å²) in [7, 11) is 1.24. The van der Waals surface area contributed by atoms with Crippen molar-refractivity contribution in [2.45, 2.75) is 33.2 Å². The van der Waals surface area contributed by atoms with Crippen LogP contribution in [0.2, 0.25) is 0 Å². The van der Waals surface area contributed by atoms with Gasteiger partial charge in [0.25, 0.3) is 5.91 Å². The molecule has 0 spiro atoms. The Morgan fingerprint density at radius 2 is 1.55 bits per heavy atom. The van der Waals surface area contributed by atoms with E-state index in [2.05, 4.69) is 5.32 Å². The number of carbonyl (C=O) groups excluding carboxylic acids is 4. The number of hydrogen-bond donors (Lipinski definition) is 1. The maximum atomic E-state index is 12.8. The third-order valence-corrected chi connectivity index (χ3v) is 4.57. The molecule has 2 aromatic carbocycles. The maximum absolute atomic E-state index is 12.8. The van der Waals surface area contributed by atoms with Crippen LogP contribution in [0.25, 0.3) is 0 Å². The zero-order valence-corrected chi connectivity index (χ0v) is 18.1. The van der Waals surface area contributed by atoms with E-state index in [4.69, 9.17) is 9.47 Å². The van der Waals surface area contributed by atoms with Crippen LogP contribution in [-0.2, 0) is 19.1 Å². The molecule has 0 bridgehead atoms. The summed E-state index contributed by atoms with van der Waals surface area (Å²) in [5.41, 5.74) is 1.70. The van der Waals surface area contributed by atoms with Gasteiger partial charge in [-0.1, -0.05) is 61.9 Å². The second-order valence-electron chi connectivity index (χ2n) is 7.59. The zero-order valence-electron chi connectivity index (χ0n) is 18.1. The van der Waals surface area contributed by atoms with Gasteiger partial charge in [0.05, 0.1) is 12.7 Å². The van der Waals surface area contributed by atoms with Crippen molar-refractivity contribution in [1.29, 1.82) is 0 Å². The fourth-order valence-corrected chi connectivity index (χ4v) is 2.99. The van der Waals surface area contributed by atoms with E-state index in [1.54, 1.807) is 24.3 Å². The molecule has 0 fully saturated rings. The average Bonchev–Trinajstić information content (AvgIpc) is 2.76. The van der Waals surface area contributed by atoms with Crippen LogP contribution in [0.15, 0.2) is 48.5 Å². The highest BCUT2D eigenvalue weighted by Gasteiger charge is 2.24. The summed E-state index contributed by atoms with van der Waals surface area (Å²) < 4.78 is 9.80. The van der Waals surface area contributed by atoms with Crippen LogP contribution in [0.4, 0.5) is 0 Å². The lowest BCUT2D eigenvalue weighted by Crippen LogP contribution is -2.44. The topological polar surface area (TPSA) is 98.8 Å². The van der Waals surface area contributed by atoms with E-state index in [9.17, 15) is 19.2 Å². The third kappa shape index (κ3) is 6.77. The minimum Gasteiger partial charge on any atom is -0.467 e. The first-order chi connectivity index (χ1) is 14.7. The Morgan fingerprint density at radius 3 is 2.13 bits per heavy atom. The van der Waals surface area contributed by atoms with Gasteiger partial charge in [-0.15, -0.1) is 0 Å². The minimum absolute atomic E-state index is 0.0626. The molecule has 164 valence electrons. The van der Waals surface area contributed by atoms with Crippen molar-refractivity contribution in [3.63, 3.8) is 0 Å². The lowest BCUT2D eigenvalue weighted by atomic mass is 9.98. The largest absolute Gasteiger partial charge is 0.467 e. The van der Waals surface area contributed by atoms with Crippen LogP contribution in [-0.4, -0.2) is 43.4 Å². The summed E-state index contributed by atoms with van der Waals surface area (Å²) in [6.45, 7) is 5.14. The van der Waals surface area contributed by atoms with Crippen molar-refractivity contribution in [3.8, 4) is 0 Å². The Morgan fingerprint density at radius 1 is 0.935 bits per heavy atom. The molecule has 0 radical (unpaired) electrons. The molecule has 0 aliphatic rings. The molecular formula is C24H27NO6. The fourth-order valence-electron chi connectivity index (χ4n) is 2.99. The lowest BCUT2D eigenvalue weighted by Gasteiger charge is -2.18. The molecule has 0 aliphatic heterocycles. The van der Waals surface area contributed by atoms with Crippen molar-refractivity contribution >= 4 is 23.6 Å². The number of ketones is 1. The van der Waals surface area contributed by atoms with Crippen LogP contribution < -0.4 is 5.32 Å². The van der Waals surface area contributed by atoms with Gasteiger partial charge < -0.3 is 14.8 Å². The van der Waals surface area contributed by atoms with Gasteiger partial charge in [0, 0.05) is 11.1 Å². The predicted molar refractivity (Wildman–Crippen MR) is 115 cm³/mol. The molecular weight excluding hydrogens is 398 g/mol. The Labute approximate surface area is 181 Å². The molecule has 0 saturated heterocycles. The van der Waals surface area contributed by atoms with Gasteiger partial charge in [0.2, 0.25) is 0 Å². The van der Waals surface area contributed by atoms with Crippen LogP contribution >= 0.6 is 0 Å². The molecule has 0 aliphatic carbocycles. The summed E-state index contributed by atoms with van der Waals surface area (Å²) >= 11 is 0. The van der Waals surface area contributed by atoms with Crippen molar-refractivity contribution in [2.75, 3.05) is 13.7 Å². The molecule has 2 aromatic rings. The monoisotopic (exact) mass is 425 g/mol. The SMILES string of the molecule is COC(=O)[C@@H](CC(C)C)NC(=O)COC(=O)c1ccccc1C(=O)c1ccc(C)cc1. The number of ether oxygens (including phenoxy) is 2. The summed E-state index contributed by atoms with van der Waals surface area (Å²) in [5.74, 6) is -2.18. The molecule has 7 nitrogen and oxygen atoms in total. The van der Waals surface area contributed by atoms with E-state index in [0.717, 1.165) is 5.56 Å². The third-order valence-electron chi connectivity index (χ3n) is 4.57. The van der Waals surface area contributed by atoms with Crippen LogP contribution in [0.5, 0.6) is 0 Å². The number of nitrogens with one attached hydrogen (secondary N) is 1. The second kappa shape index (κ2) is 11.1. The molecule has 0 unspecified atom stereocenters. The van der Waals surface area contributed by atoms with E-state index < -0.39 is 30.5 Å². The van der Waals surface area contributed by atoms with Gasteiger partial charge in [-0.25, -0.2) is 9.59 Å². The number of esters is 2. The summed E-state index contributed by atoms with van der Waals surface area (Å²) in [6.07, 6.45) is 0.389. The van der Waals surface area contributed by atoms with Gasteiger partial charge in [-0.2, -0.15) is 0 Å². The number of benzene rings is 2. The highest BCUT2D eigenvalue weighted by atomic mass is 16.5. The number of methoxy groups -OCH3 is 1. The zero-order chi connectivity index (χ0) is 23.0. The Hall–Kier alpha value is -3.48. The smallest absolute Gasteiger partial charge is 0.339 e. The van der Waals surface area contributed by atoms with Crippen LogP contribution in [0.1, 0.15) is 52.1 Å². The van der Waals surface area contributed by atoms with Gasteiger partial charge in [0.15, 0.2) is 12.4 Å². The molecule has 0 saturated carbocycles. The van der Waals surface area contributed by atoms with Gasteiger partial charge in [-0.05, 0) is 25.3 Å². The summed E-state index contributed by atoms with van der Waals surface area (Å²) in [6, 6.07) is 12.4. The van der Waals surface area contributed by atoms with E-state index in [-0.39, 0.29) is 22.8 Å². The van der Waals surface area contributed by atoms with Crippen molar-refractivity contribution in [2.24, 2.45) is 5.92 Å². The summed E-state index contributed by atoms with van der Waals surface area (Å²) in [5, 5.41) is 2.52. The molecule has 2 rings (SSSR count). The number of aryl methyl sites for hydroxylation is 1. The highest BCUT2D eigenvalue weighted by Crippen LogP contribution is 2.16. The van der Waals surface area contributed by atoms with Gasteiger partial charge in [0.1, 0.15) is 6.04 Å². The summed E-state index contributed by atoms with van der Waals surface area (Å²) in [4.78, 5) is 49.4. The maximum Gasteiger partial charge on any atom is 0.339 e. The fraction of sp³-hybridized carbons (Fsp3) is 0.333. The first kappa shape index (κ1) is 23.8. The molecule has 31 heavy (non-hydrogen) atoms. The molecule has 0 heterocycles. The predicted octanol–water partition coefficient (Wildman–Crippen LogP) is 3.09. The van der Waals surface area contributed by atoms with E-state index in [1.165, 1.54) is 19.2 Å². The molecule has 1 amide bonds. The number of carbonyl (C=O) groups is 4. The molecule has 7 heteroatoms. The van der Waals surface area contributed by atoms with E-state index in [1.807, 2.05) is 32.9 Å². The van der Waals surface area contributed by atoms with E-state index in [0.29, 0.717) is 12.0 Å². The molecule has 0 aromatic heterocycles. The first-order valence-corrected chi connectivity index (χ1v) is 9.97. The normalized spacial score (nSPS) is 11.5. The van der Waals surface area contributed by atoms with Crippen LogP contribution in [0.3, 0.4) is 0 Å². The quantitative estimate of drug-likeness (QED) is 0.490. The minimum atomic E-state index is -0.827. The number of hydrogen-bond acceptors (Lipinski definition) is 6. The Bertz CT molecular complexity index is 949. The molecule has 1 atom stereocenters. The van der Waals surface area contributed by atoms with Gasteiger partial charge >= 0.3 is 11.9 Å². The Kier molecular flexibility index (Phi) is 8.49. The number of amides is 1. The molecule has 1 N–H and O–H groups in total. The van der Waals surface area contributed by atoms with Crippen LogP contribution in [0, 0.1) is 12.8 Å². The van der Waals surface area contributed by atoms with E-state index >= 15 is 0 Å². The lowest BCUT2D eigenvalue weighted by molar-refractivity contribution is -0.145. The van der Waals surface area contributed by atoms with Crippen molar-refractivity contribution in [1.82, 2.24) is 5.32 Å². The second-order valence-corrected chi connectivity index (χ2v) is 7.59. The number of rotatable bonds is 9. The first-order valence-electron chi connectivity index (χ1n) is 9.97. The highest BCUT2D eigenvalue weighted by molar-refractivity contribution is 6.14. The standard InChI is InChI=1S/C24H27NO6/c1-15(2)13-20(24(29)30-4)25-21(26)14-31-23(28)19-8-6-5-7-18(19)22(27)17-11-9-16(3)10-12-17/h5-12,15,20H,13-14H2,1-4H3,(H,25,26)/t20-/m1/s1. The average molecular weight is 425 g/mol.